The van der Waals surface area contributed by atoms with E-state index in [1.54, 1.807) is 32.0 Å². The summed E-state index contributed by atoms with van der Waals surface area (Å²) in [5.41, 5.74) is 1.28. The van der Waals surface area contributed by atoms with Crippen LogP contribution in [0.15, 0.2) is 42.5 Å². The molecule has 0 radical (unpaired) electrons. The van der Waals surface area contributed by atoms with Crippen LogP contribution in [0, 0.1) is 18.6 Å². The molecule has 0 heterocycles. The van der Waals surface area contributed by atoms with Crippen LogP contribution >= 0.6 is 0 Å². The lowest BCUT2D eigenvalue weighted by Gasteiger charge is -2.17. The van der Waals surface area contributed by atoms with Gasteiger partial charge in [-0.2, -0.15) is 0 Å². The second-order valence-corrected chi connectivity index (χ2v) is 5.62. The van der Waals surface area contributed by atoms with Gasteiger partial charge in [0.2, 0.25) is 0 Å². The number of carbonyl (C=O) groups is 1. The number of urea groups is 1. The summed E-state index contributed by atoms with van der Waals surface area (Å²) in [6, 6.07) is 9.63. The minimum atomic E-state index is -1.15. The summed E-state index contributed by atoms with van der Waals surface area (Å²) in [5.74, 6) is -0.868. The third-order valence-corrected chi connectivity index (χ3v) is 3.76. The number of halogens is 2. The number of aliphatic hydroxyl groups is 1. The first kappa shape index (κ1) is 17.9. The number of nitrogens with one attached hydrogen (secondary N) is 2. The molecule has 0 saturated carbocycles. The molecule has 6 heteroatoms. The van der Waals surface area contributed by atoms with Crippen LogP contribution in [0.3, 0.4) is 0 Å². The Morgan fingerprint density at radius 2 is 1.88 bits per heavy atom. The van der Waals surface area contributed by atoms with Gasteiger partial charge in [0.15, 0.2) is 0 Å². The van der Waals surface area contributed by atoms with E-state index in [0.29, 0.717) is 11.1 Å². The van der Waals surface area contributed by atoms with Crippen molar-refractivity contribution in [3.63, 3.8) is 0 Å². The molecule has 0 aliphatic rings. The summed E-state index contributed by atoms with van der Waals surface area (Å²) in [5, 5.41) is 15.1. The molecule has 0 bridgehead atoms. The van der Waals surface area contributed by atoms with Gasteiger partial charge in [-0.25, -0.2) is 13.6 Å². The maximum Gasteiger partial charge on any atom is 0.315 e. The molecule has 2 amide bonds. The molecular weight excluding hydrogens is 314 g/mol. The maximum absolute atomic E-state index is 13.6. The van der Waals surface area contributed by atoms with Gasteiger partial charge in [-0.05, 0) is 37.1 Å². The van der Waals surface area contributed by atoms with Crippen molar-refractivity contribution in [1.29, 1.82) is 0 Å². The lowest BCUT2D eigenvalue weighted by molar-refractivity contribution is 0.168. The number of aliphatic hydroxyl groups excluding tert-OH is 1. The molecule has 0 saturated heterocycles. The minimum Gasteiger partial charge on any atom is -0.386 e. The molecule has 3 N–H and O–H groups in total. The van der Waals surface area contributed by atoms with Gasteiger partial charge in [0, 0.05) is 12.1 Å². The van der Waals surface area contributed by atoms with Crippen molar-refractivity contribution in [3.8, 4) is 0 Å². The maximum atomic E-state index is 13.6. The lowest BCUT2D eigenvalue weighted by atomic mass is 10.1. The van der Waals surface area contributed by atoms with Crippen LogP contribution < -0.4 is 10.6 Å². The standard InChI is InChI=1S/C18H20F2N2O2/c1-11-7-8-13(9-16(11)20)12(2)22-18(24)21-10-17(23)14-5-3-4-6-15(14)19/h3-9,12,17,23H,10H2,1-2H3,(H2,21,22,24). The second-order valence-electron chi connectivity index (χ2n) is 5.62. The van der Waals surface area contributed by atoms with E-state index in [0.717, 1.165) is 0 Å². The van der Waals surface area contributed by atoms with Crippen molar-refractivity contribution in [3.05, 3.63) is 70.8 Å². The Balaban J connectivity index is 1.88. The quantitative estimate of drug-likeness (QED) is 0.785. The molecule has 24 heavy (non-hydrogen) atoms. The fraction of sp³-hybridized carbons (Fsp3) is 0.278. The Morgan fingerprint density at radius 1 is 1.17 bits per heavy atom. The van der Waals surface area contributed by atoms with Crippen molar-refractivity contribution in [2.75, 3.05) is 6.54 Å². The van der Waals surface area contributed by atoms with Crippen LogP contribution in [0.25, 0.3) is 0 Å². The first-order chi connectivity index (χ1) is 11.4. The molecule has 0 aromatic heterocycles. The molecule has 0 aliphatic carbocycles. The average molecular weight is 334 g/mol. The summed E-state index contributed by atoms with van der Waals surface area (Å²) < 4.78 is 27.1. The molecule has 0 aliphatic heterocycles. The number of rotatable bonds is 5. The van der Waals surface area contributed by atoms with Crippen LogP contribution in [-0.2, 0) is 0 Å². The van der Waals surface area contributed by atoms with Gasteiger partial charge < -0.3 is 15.7 Å². The molecule has 4 nitrogen and oxygen atoms in total. The van der Waals surface area contributed by atoms with Crippen molar-refractivity contribution in [2.24, 2.45) is 0 Å². The van der Waals surface area contributed by atoms with Gasteiger partial charge >= 0.3 is 6.03 Å². The lowest BCUT2D eigenvalue weighted by Crippen LogP contribution is -2.39. The van der Waals surface area contributed by atoms with Gasteiger partial charge in [0.05, 0.1) is 12.1 Å². The minimum absolute atomic E-state index is 0.117. The molecule has 2 unspecified atom stereocenters. The van der Waals surface area contributed by atoms with Gasteiger partial charge in [-0.1, -0.05) is 30.3 Å². The highest BCUT2D eigenvalue weighted by molar-refractivity contribution is 5.74. The predicted molar refractivity (Wildman–Crippen MR) is 87.4 cm³/mol. The SMILES string of the molecule is Cc1ccc(C(C)NC(=O)NCC(O)c2ccccc2F)cc1F. The molecular formula is C18H20F2N2O2. The largest absolute Gasteiger partial charge is 0.386 e. The van der Waals surface area contributed by atoms with Crippen LogP contribution in [0.1, 0.15) is 35.8 Å². The summed E-state index contributed by atoms with van der Waals surface area (Å²) in [7, 11) is 0. The van der Waals surface area contributed by atoms with E-state index in [9.17, 15) is 18.7 Å². The molecule has 128 valence electrons. The van der Waals surface area contributed by atoms with Crippen molar-refractivity contribution in [1.82, 2.24) is 10.6 Å². The van der Waals surface area contributed by atoms with Gasteiger partial charge in [-0.3, -0.25) is 0 Å². The van der Waals surface area contributed by atoms with Gasteiger partial charge in [0.25, 0.3) is 0 Å². The third kappa shape index (κ3) is 4.52. The highest BCUT2D eigenvalue weighted by atomic mass is 19.1. The Kier molecular flexibility index (Phi) is 5.87. The fourth-order valence-corrected chi connectivity index (χ4v) is 2.25. The van der Waals surface area contributed by atoms with Crippen LogP contribution in [0.2, 0.25) is 0 Å². The molecule has 0 fully saturated rings. The Bertz CT molecular complexity index is 722. The molecule has 0 spiro atoms. The Hall–Kier alpha value is -2.47. The zero-order valence-corrected chi connectivity index (χ0v) is 13.5. The normalized spacial score (nSPS) is 13.2. The van der Waals surface area contributed by atoms with Crippen LogP contribution in [0.5, 0.6) is 0 Å². The van der Waals surface area contributed by atoms with Gasteiger partial charge in [0.1, 0.15) is 11.6 Å². The summed E-state index contributed by atoms with van der Waals surface area (Å²) in [6.45, 7) is 3.24. The molecule has 2 atom stereocenters. The van der Waals surface area contributed by atoms with Crippen molar-refractivity contribution >= 4 is 6.03 Å². The highest BCUT2D eigenvalue weighted by Gasteiger charge is 2.15. The third-order valence-electron chi connectivity index (χ3n) is 3.76. The number of amides is 2. The number of carbonyl (C=O) groups excluding carboxylic acids is 1. The van der Waals surface area contributed by atoms with Crippen molar-refractivity contribution in [2.45, 2.75) is 26.0 Å². The monoisotopic (exact) mass is 334 g/mol. The fourth-order valence-electron chi connectivity index (χ4n) is 2.25. The van der Waals surface area contributed by atoms with E-state index < -0.39 is 24.0 Å². The Morgan fingerprint density at radius 3 is 2.54 bits per heavy atom. The van der Waals surface area contributed by atoms with E-state index in [-0.39, 0.29) is 17.9 Å². The first-order valence-electron chi connectivity index (χ1n) is 7.61. The summed E-state index contributed by atoms with van der Waals surface area (Å²) >= 11 is 0. The average Bonchev–Trinajstić information content (AvgIpc) is 2.55. The second kappa shape index (κ2) is 7.88. The van der Waals surface area contributed by atoms with E-state index in [1.807, 2.05) is 0 Å². The first-order valence-corrected chi connectivity index (χ1v) is 7.61. The number of hydrogen-bond donors (Lipinski definition) is 3. The number of hydrogen-bond acceptors (Lipinski definition) is 2. The van der Waals surface area contributed by atoms with E-state index in [2.05, 4.69) is 10.6 Å². The topological polar surface area (TPSA) is 61.4 Å². The van der Waals surface area contributed by atoms with Crippen molar-refractivity contribution < 1.29 is 18.7 Å². The predicted octanol–water partition coefficient (Wildman–Crippen LogP) is 3.37. The smallest absolute Gasteiger partial charge is 0.315 e. The van der Waals surface area contributed by atoms with Crippen LogP contribution in [-0.4, -0.2) is 17.7 Å². The highest BCUT2D eigenvalue weighted by Crippen LogP contribution is 2.17. The zero-order valence-electron chi connectivity index (χ0n) is 13.5. The van der Waals surface area contributed by atoms with Gasteiger partial charge in [-0.15, -0.1) is 0 Å². The zero-order chi connectivity index (χ0) is 17.7. The molecule has 2 rings (SSSR count). The number of aryl methyl sites for hydroxylation is 1. The summed E-state index contributed by atoms with van der Waals surface area (Å²) in [4.78, 5) is 11.9. The summed E-state index contributed by atoms with van der Waals surface area (Å²) in [6.07, 6.45) is -1.15. The number of benzene rings is 2. The van der Waals surface area contributed by atoms with E-state index >= 15 is 0 Å². The van der Waals surface area contributed by atoms with Crippen LogP contribution in [0.4, 0.5) is 13.6 Å². The van der Waals surface area contributed by atoms with E-state index in [1.165, 1.54) is 24.3 Å². The molecule has 2 aromatic carbocycles. The molecule has 2 aromatic rings. The Labute approximate surface area is 139 Å². The van der Waals surface area contributed by atoms with E-state index in [4.69, 9.17) is 0 Å².